The molecule has 2 aliphatic heterocycles. The highest BCUT2D eigenvalue weighted by atomic mass is 16.5. The molecule has 6 heteroatoms. The van der Waals surface area contributed by atoms with Crippen LogP contribution in [-0.2, 0) is 14.3 Å². The fourth-order valence-electron chi connectivity index (χ4n) is 2.99. The van der Waals surface area contributed by atoms with E-state index in [1.54, 1.807) is 4.90 Å². The summed E-state index contributed by atoms with van der Waals surface area (Å²) in [6, 6.07) is 9.88. The summed E-state index contributed by atoms with van der Waals surface area (Å²) in [5, 5.41) is 5.51. The number of hydrazone groups is 1. The van der Waals surface area contributed by atoms with Gasteiger partial charge in [0.25, 0.3) is 5.91 Å². The summed E-state index contributed by atoms with van der Waals surface area (Å²) in [5.41, 5.74) is 1.38. The molecule has 2 atom stereocenters. The molecule has 1 fully saturated rings. The molecule has 0 radical (unpaired) electrons. The molecule has 0 N–H and O–H groups in total. The normalized spacial score (nSPS) is 24.8. The van der Waals surface area contributed by atoms with Gasteiger partial charge in [0, 0.05) is 13.1 Å². The number of rotatable bonds is 3. The van der Waals surface area contributed by atoms with E-state index in [4.69, 9.17) is 4.74 Å². The fraction of sp³-hybridized carbons (Fsp3) is 0.471. The zero-order valence-electron chi connectivity index (χ0n) is 13.4. The summed E-state index contributed by atoms with van der Waals surface area (Å²) >= 11 is 0. The maximum atomic E-state index is 12.7. The van der Waals surface area contributed by atoms with Crippen molar-refractivity contribution in [2.45, 2.75) is 32.5 Å². The molecule has 2 heterocycles. The molecular formula is C17H21N3O3. The van der Waals surface area contributed by atoms with Crippen LogP contribution in [0.25, 0.3) is 0 Å². The monoisotopic (exact) mass is 315 g/mol. The lowest BCUT2D eigenvalue weighted by molar-refractivity contribution is -0.138. The Morgan fingerprint density at radius 3 is 2.70 bits per heavy atom. The molecule has 1 aromatic carbocycles. The second-order valence-corrected chi connectivity index (χ2v) is 5.89. The highest BCUT2D eigenvalue weighted by Gasteiger charge is 2.35. The molecule has 3 rings (SSSR count). The molecule has 122 valence electrons. The van der Waals surface area contributed by atoms with Gasteiger partial charge < -0.3 is 9.64 Å². The summed E-state index contributed by atoms with van der Waals surface area (Å²) < 4.78 is 5.97. The first-order valence-corrected chi connectivity index (χ1v) is 7.96. The number of ether oxygens (including phenoxy) is 1. The zero-order valence-corrected chi connectivity index (χ0v) is 13.4. The van der Waals surface area contributed by atoms with Gasteiger partial charge in [-0.2, -0.15) is 5.10 Å². The second kappa shape index (κ2) is 6.50. The maximum absolute atomic E-state index is 12.7. The lowest BCUT2D eigenvalue weighted by atomic mass is 10.1. The van der Waals surface area contributed by atoms with E-state index in [0.717, 1.165) is 5.56 Å². The van der Waals surface area contributed by atoms with Crippen LogP contribution in [0.15, 0.2) is 35.4 Å². The first kappa shape index (κ1) is 15.7. The van der Waals surface area contributed by atoms with Crippen molar-refractivity contribution >= 4 is 17.5 Å². The van der Waals surface area contributed by atoms with Crippen LogP contribution in [0.1, 0.15) is 31.9 Å². The van der Waals surface area contributed by atoms with E-state index >= 15 is 0 Å². The standard InChI is InChI=1S/C17H21N3O3/c1-3-20-16(21)9-14(18-20)17(22)19-10-12(2)23-15(11-19)13-7-5-4-6-8-13/h4-8,12,15H,3,9-11H2,1-2H3. The molecule has 1 aromatic rings. The van der Waals surface area contributed by atoms with Crippen molar-refractivity contribution in [3.8, 4) is 0 Å². The second-order valence-electron chi connectivity index (χ2n) is 5.89. The molecule has 0 bridgehead atoms. The van der Waals surface area contributed by atoms with Crippen LogP contribution in [0.2, 0.25) is 0 Å². The molecule has 1 saturated heterocycles. The van der Waals surface area contributed by atoms with Gasteiger partial charge in [-0.05, 0) is 19.4 Å². The molecule has 2 aliphatic rings. The number of benzene rings is 1. The van der Waals surface area contributed by atoms with Gasteiger partial charge in [0.15, 0.2) is 0 Å². The van der Waals surface area contributed by atoms with Crippen molar-refractivity contribution in [1.29, 1.82) is 0 Å². The van der Waals surface area contributed by atoms with Crippen LogP contribution in [0.4, 0.5) is 0 Å². The quantitative estimate of drug-likeness (QED) is 0.851. The van der Waals surface area contributed by atoms with Gasteiger partial charge in [0.2, 0.25) is 5.91 Å². The Morgan fingerprint density at radius 2 is 2.04 bits per heavy atom. The van der Waals surface area contributed by atoms with Crippen LogP contribution in [0.5, 0.6) is 0 Å². The van der Waals surface area contributed by atoms with Gasteiger partial charge in [-0.15, -0.1) is 0 Å². The Morgan fingerprint density at radius 1 is 1.30 bits per heavy atom. The first-order valence-electron chi connectivity index (χ1n) is 7.96. The summed E-state index contributed by atoms with van der Waals surface area (Å²) in [4.78, 5) is 26.2. The van der Waals surface area contributed by atoms with Crippen LogP contribution in [0.3, 0.4) is 0 Å². The smallest absolute Gasteiger partial charge is 0.270 e. The minimum absolute atomic E-state index is 0.0575. The van der Waals surface area contributed by atoms with Crippen LogP contribution in [-0.4, -0.2) is 53.2 Å². The minimum Gasteiger partial charge on any atom is -0.367 e. The topological polar surface area (TPSA) is 62.2 Å². The van der Waals surface area contributed by atoms with Gasteiger partial charge >= 0.3 is 0 Å². The number of carbonyl (C=O) groups is 2. The predicted molar refractivity (Wildman–Crippen MR) is 85.7 cm³/mol. The summed E-state index contributed by atoms with van der Waals surface area (Å²) in [6.45, 7) is 5.28. The molecule has 0 aliphatic carbocycles. The molecule has 0 spiro atoms. The number of hydrogen-bond donors (Lipinski definition) is 0. The highest BCUT2D eigenvalue weighted by Crippen LogP contribution is 2.25. The van der Waals surface area contributed by atoms with Crippen molar-refractivity contribution in [1.82, 2.24) is 9.91 Å². The predicted octanol–water partition coefficient (Wildman–Crippen LogP) is 1.58. The van der Waals surface area contributed by atoms with Crippen molar-refractivity contribution in [3.05, 3.63) is 35.9 Å². The Hall–Kier alpha value is -2.21. The van der Waals surface area contributed by atoms with E-state index in [-0.39, 0.29) is 30.4 Å². The number of amides is 2. The lowest BCUT2D eigenvalue weighted by Crippen LogP contribution is -2.48. The van der Waals surface area contributed by atoms with E-state index in [1.165, 1.54) is 5.01 Å². The third kappa shape index (κ3) is 3.27. The van der Waals surface area contributed by atoms with Gasteiger partial charge in [-0.3, -0.25) is 9.59 Å². The molecule has 23 heavy (non-hydrogen) atoms. The first-order chi connectivity index (χ1) is 11.1. The average molecular weight is 315 g/mol. The Kier molecular flexibility index (Phi) is 4.43. The van der Waals surface area contributed by atoms with Crippen molar-refractivity contribution in [3.63, 3.8) is 0 Å². The van der Waals surface area contributed by atoms with E-state index in [2.05, 4.69) is 5.10 Å². The number of hydrogen-bond acceptors (Lipinski definition) is 4. The lowest BCUT2D eigenvalue weighted by Gasteiger charge is -2.37. The minimum atomic E-state index is -0.162. The highest BCUT2D eigenvalue weighted by molar-refractivity contribution is 6.43. The Balaban J connectivity index is 1.75. The Bertz CT molecular complexity index is 629. The van der Waals surface area contributed by atoms with Gasteiger partial charge in [0.05, 0.1) is 19.1 Å². The average Bonchev–Trinajstić information content (AvgIpc) is 2.95. The van der Waals surface area contributed by atoms with Crippen LogP contribution >= 0.6 is 0 Å². The van der Waals surface area contributed by atoms with Gasteiger partial charge in [-0.1, -0.05) is 30.3 Å². The van der Waals surface area contributed by atoms with E-state index in [9.17, 15) is 9.59 Å². The van der Waals surface area contributed by atoms with Crippen LogP contribution < -0.4 is 0 Å². The third-order valence-electron chi connectivity index (χ3n) is 4.11. The number of carbonyl (C=O) groups excluding carboxylic acids is 2. The molecule has 6 nitrogen and oxygen atoms in total. The molecule has 2 unspecified atom stereocenters. The molecular weight excluding hydrogens is 294 g/mol. The largest absolute Gasteiger partial charge is 0.367 e. The van der Waals surface area contributed by atoms with E-state index in [1.807, 2.05) is 44.2 Å². The number of morpholine rings is 1. The van der Waals surface area contributed by atoms with Crippen molar-refractivity contribution in [2.75, 3.05) is 19.6 Å². The van der Waals surface area contributed by atoms with E-state index < -0.39 is 0 Å². The Labute approximate surface area is 135 Å². The SMILES string of the molecule is CCN1N=C(C(=O)N2CC(C)OC(c3ccccc3)C2)CC1=O. The van der Waals surface area contributed by atoms with Crippen molar-refractivity contribution in [2.24, 2.45) is 5.10 Å². The molecule has 2 amide bonds. The molecule has 0 aromatic heterocycles. The fourth-order valence-corrected chi connectivity index (χ4v) is 2.99. The zero-order chi connectivity index (χ0) is 16.4. The van der Waals surface area contributed by atoms with Gasteiger partial charge in [-0.25, -0.2) is 5.01 Å². The molecule has 0 saturated carbocycles. The maximum Gasteiger partial charge on any atom is 0.270 e. The van der Waals surface area contributed by atoms with Gasteiger partial charge in [0.1, 0.15) is 11.8 Å². The summed E-state index contributed by atoms with van der Waals surface area (Å²) in [7, 11) is 0. The number of nitrogens with zero attached hydrogens (tertiary/aromatic N) is 3. The third-order valence-corrected chi connectivity index (χ3v) is 4.11. The van der Waals surface area contributed by atoms with Crippen molar-refractivity contribution < 1.29 is 14.3 Å². The van der Waals surface area contributed by atoms with E-state index in [0.29, 0.717) is 25.3 Å². The summed E-state index contributed by atoms with van der Waals surface area (Å²) in [6.07, 6.45) is -0.115. The van der Waals surface area contributed by atoms with Crippen LogP contribution in [0, 0.1) is 0 Å². The summed E-state index contributed by atoms with van der Waals surface area (Å²) in [5.74, 6) is -0.276.